The van der Waals surface area contributed by atoms with E-state index in [0.717, 1.165) is 23.9 Å². The van der Waals surface area contributed by atoms with Gasteiger partial charge < -0.3 is 15.2 Å². The lowest BCUT2D eigenvalue weighted by molar-refractivity contribution is -0.124. The Morgan fingerprint density at radius 1 is 1.20 bits per heavy atom. The molecule has 2 aromatic rings. The molecule has 1 aromatic carbocycles. The highest BCUT2D eigenvalue weighted by Crippen LogP contribution is 2.21. The summed E-state index contributed by atoms with van der Waals surface area (Å²) in [7, 11) is 0. The minimum Gasteiger partial charge on any atom is -0.355 e. The van der Waals surface area contributed by atoms with E-state index in [4.69, 9.17) is 0 Å². The average molecular weight is 344 g/mol. The molecule has 1 atom stereocenters. The molecule has 6 heteroatoms. The summed E-state index contributed by atoms with van der Waals surface area (Å²) in [6.45, 7) is 8.57. The first kappa shape index (κ1) is 19.0. The Kier molecular flexibility index (Phi) is 6.56. The van der Waals surface area contributed by atoms with Crippen molar-refractivity contribution in [3.8, 4) is 0 Å². The number of carbonyl (C=O) groups is 2. The van der Waals surface area contributed by atoms with E-state index < -0.39 is 0 Å². The second kappa shape index (κ2) is 8.65. The third-order valence-corrected chi connectivity index (χ3v) is 4.11. The van der Waals surface area contributed by atoms with E-state index >= 15 is 0 Å². The molecule has 0 bridgehead atoms. The molecular weight excluding hydrogens is 316 g/mol. The fraction of sp³-hybridized carbons (Fsp3) is 0.526. The van der Waals surface area contributed by atoms with Crippen LogP contribution in [-0.4, -0.2) is 27.9 Å². The van der Waals surface area contributed by atoms with E-state index in [2.05, 4.69) is 22.5 Å². The van der Waals surface area contributed by atoms with Crippen LogP contribution in [0.5, 0.6) is 0 Å². The van der Waals surface area contributed by atoms with Crippen LogP contribution in [0.3, 0.4) is 0 Å². The molecule has 6 nitrogen and oxygen atoms in total. The Bertz CT molecular complexity index is 736. The molecule has 2 N–H and O–H groups in total. The quantitative estimate of drug-likeness (QED) is 0.723. The van der Waals surface area contributed by atoms with Crippen molar-refractivity contribution in [3.05, 3.63) is 30.1 Å². The number of hydrogen-bond donors (Lipinski definition) is 2. The zero-order valence-electron chi connectivity index (χ0n) is 15.5. The fourth-order valence-electron chi connectivity index (χ4n) is 2.64. The SMILES string of the molecule is CCCCNC(=O)Cn1c(C(C)NC(=O)C(C)C)nc2ccccc21. The maximum Gasteiger partial charge on any atom is 0.240 e. The Morgan fingerprint density at radius 2 is 1.92 bits per heavy atom. The summed E-state index contributed by atoms with van der Waals surface area (Å²) in [5, 5.41) is 5.91. The molecule has 0 saturated heterocycles. The molecule has 0 radical (unpaired) electrons. The van der Waals surface area contributed by atoms with Gasteiger partial charge in [0.25, 0.3) is 0 Å². The largest absolute Gasteiger partial charge is 0.355 e. The van der Waals surface area contributed by atoms with Gasteiger partial charge in [0.05, 0.1) is 17.1 Å². The summed E-state index contributed by atoms with van der Waals surface area (Å²) >= 11 is 0. The lowest BCUT2D eigenvalue weighted by atomic mass is 10.2. The highest BCUT2D eigenvalue weighted by atomic mass is 16.2. The van der Waals surface area contributed by atoms with Gasteiger partial charge in [0.1, 0.15) is 12.4 Å². The van der Waals surface area contributed by atoms with Crippen LogP contribution in [0.25, 0.3) is 11.0 Å². The first-order chi connectivity index (χ1) is 11.9. The molecule has 2 amide bonds. The molecule has 136 valence electrons. The second-order valence-electron chi connectivity index (χ2n) is 6.63. The number of carbonyl (C=O) groups excluding carboxylic acids is 2. The van der Waals surface area contributed by atoms with E-state index in [-0.39, 0.29) is 30.3 Å². The number of unbranched alkanes of at least 4 members (excludes halogenated alkanes) is 1. The minimum atomic E-state index is -0.272. The topological polar surface area (TPSA) is 76.0 Å². The third-order valence-electron chi connectivity index (χ3n) is 4.11. The lowest BCUT2D eigenvalue weighted by Gasteiger charge is -2.17. The summed E-state index contributed by atoms with van der Waals surface area (Å²) in [6.07, 6.45) is 2.00. The van der Waals surface area contributed by atoms with Gasteiger partial charge in [-0.15, -0.1) is 0 Å². The third kappa shape index (κ3) is 4.81. The molecule has 0 aliphatic rings. The molecule has 1 unspecified atom stereocenters. The lowest BCUT2D eigenvalue weighted by Crippen LogP contribution is -2.33. The van der Waals surface area contributed by atoms with Crippen LogP contribution in [0.1, 0.15) is 52.4 Å². The van der Waals surface area contributed by atoms with Gasteiger partial charge in [0, 0.05) is 12.5 Å². The summed E-state index contributed by atoms with van der Waals surface area (Å²) in [5.74, 6) is 0.525. The summed E-state index contributed by atoms with van der Waals surface area (Å²) in [6, 6.07) is 7.44. The standard InChI is InChI=1S/C19H28N4O2/c1-5-6-11-20-17(24)12-23-16-10-8-7-9-15(16)22-18(23)14(4)21-19(25)13(2)3/h7-10,13-14H,5-6,11-12H2,1-4H3,(H,20,24)(H,21,25). The van der Waals surface area contributed by atoms with Crippen LogP contribution in [0, 0.1) is 5.92 Å². The van der Waals surface area contributed by atoms with Crippen molar-refractivity contribution in [1.29, 1.82) is 0 Å². The molecule has 2 rings (SSSR count). The van der Waals surface area contributed by atoms with Crippen molar-refractivity contribution in [2.75, 3.05) is 6.54 Å². The van der Waals surface area contributed by atoms with Crippen molar-refractivity contribution in [2.45, 2.75) is 53.1 Å². The Hall–Kier alpha value is -2.37. The predicted molar refractivity (Wildman–Crippen MR) is 99.0 cm³/mol. The van der Waals surface area contributed by atoms with Crippen LogP contribution in [-0.2, 0) is 16.1 Å². The van der Waals surface area contributed by atoms with Gasteiger partial charge in [-0.25, -0.2) is 4.98 Å². The number of para-hydroxylation sites is 2. The number of rotatable bonds is 8. The number of fused-ring (bicyclic) bond motifs is 1. The zero-order chi connectivity index (χ0) is 18.4. The second-order valence-corrected chi connectivity index (χ2v) is 6.63. The van der Waals surface area contributed by atoms with Crippen molar-refractivity contribution < 1.29 is 9.59 Å². The Morgan fingerprint density at radius 3 is 2.60 bits per heavy atom. The number of aromatic nitrogens is 2. The van der Waals surface area contributed by atoms with E-state index in [1.807, 2.05) is 49.6 Å². The van der Waals surface area contributed by atoms with Gasteiger partial charge in [-0.1, -0.05) is 39.3 Å². The molecular formula is C19H28N4O2. The van der Waals surface area contributed by atoms with Gasteiger partial charge in [-0.05, 0) is 25.5 Å². The van der Waals surface area contributed by atoms with E-state index in [1.165, 1.54) is 0 Å². The molecule has 1 heterocycles. The maximum absolute atomic E-state index is 12.3. The number of imidazole rings is 1. The molecule has 0 aliphatic carbocycles. The normalized spacial score (nSPS) is 12.4. The summed E-state index contributed by atoms with van der Waals surface area (Å²) < 4.78 is 1.89. The van der Waals surface area contributed by atoms with E-state index in [9.17, 15) is 9.59 Å². The van der Waals surface area contributed by atoms with Gasteiger partial charge in [0.15, 0.2) is 0 Å². The van der Waals surface area contributed by atoms with Crippen LogP contribution in [0.4, 0.5) is 0 Å². The number of nitrogens with one attached hydrogen (secondary N) is 2. The summed E-state index contributed by atoms with van der Waals surface area (Å²) in [4.78, 5) is 29.0. The Labute approximate surface area is 149 Å². The fourth-order valence-corrected chi connectivity index (χ4v) is 2.64. The predicted octanol–water partition coefficient (Wildman–Crippen LogP) is 2.79. The van der Waals surface area contributed by atoms with Crippen LogP contribution in [0.15, 0.2) is 24.3 Å². The van der Waals surface area contributed by atoms with Crippen LogP contribution in [0.2, 0.25) is 0 Å². The van der Waals surface area contributed by atoms with Crippen molar-refractivity contribution in [1.82, 2.24) is 20.2 Å². The summed E-state index contributed by atoms with van der Waals surface area (Å²) in [5.41, 5.74) is 1.72. The van der Waals surface area contributed by atoms with E-state index in [1.54, 1.807) is 0 Å². The number of benzene rings is 1. The van der Waals surface area contributed by atoms with Gasteiger partial charge >= 0.3 is 0 Å². The Balaban J connectivity index is 2.26. The van der Waals surface area contributed by atoms with Gasteiger partial charge in [-0.3, -0.25) is 9.59 Å². The molecule has 0 fully saturated rings. The molecule has 1 aromatic heterocycles. The first-order valence-electron chi connectivity index (χ1n) is 8.96. The average Bonchev–Trinajstić information content (AvgIpc) is 2.94. The van der Waals surface area contributed by atoms with E-state index in [0.29, 0.717) is 12.4 Å². The maximum atomic E-state index is 12.3. The minimum absolute atomic E-state index is 0.0292. The zero-order valence-corrected chi connectivity index (χ0v) is 15.5. The van der Waals surface area contributed by atoms with Crippen LogP contribution >= 0.6 is 0 Å². The van der Waals surface area contributed by atoms with Gasteiger partial charge in [-0.2, -0.15) is 0 Å². The van der Waals surface area contributed by atoms with Crippen LogP contribution < -0.4 is 10.6 Å². The highest BCUT2D eigenvalue weighted by Gasteiger charge is 2.20. The van der Waals surface area contributed by atoms with Crippen molar-refractivity contribution in [2.24, 2.45) is 5.92 Å². The number of hydrogen-bond acceptors (Lipinski definition) is 3. The first-order valence-corrected chi connectivity index (χ1v) is 8.96. The van der Waals surface area contributed by atoms with Crippen molar-refractivity contribution in [3.63, 3.8) is 0 Å². The molecule has 0 aliphatic heterocycles. The van der Waals surface area contributed by atoms with Crippen molar-refractivity contribution >= 4 is 22.8 Å². The monoisotopic (exact) mass is 344 g/mol. The van der Waals surface area contributed by atoms with Gasteiger partial charge in [0.2, 0.25) is 11.8 Å². The smallest absolute Gasteiger partial charge is 0.240 e. The molecule has 0 spiro atoms. The molecule has 25 heavy (non-hydrogen) atoms. The molecule has 0 saturated carbocycles. The number of nitrogens with zero attached hydrogens (tertiary/aromatic N) is 2. The highest BCUT2D eigenvalue weighted by molar-refractivity contribution is 5.82. The number of amides is 2.